The van der Waals surface area contributed by atoms with Gasteiger partial charge in [-0.3, -0.25) is 4.79 Å². The van der Waals surface area contributed by atoms with Crippen molar-refractivity contribution in [1.29, 1.82) is 0 Å². The van der Waals surface area contributed by atoms with Crippen molar-refractivity contribution in [3.05, 3.63) is 66.2 Å². The lowest BCUT2D eigenvalue weighted by Crippen LogP contribution is -2.61. The third-order valence-corrected chi connectivity index (χ3v) is 6.23. The molecule has 8 heteroatoms. The Kier molecular flexibility index (Phi) is 6.04. The Labute approximate surface area is 185 Å². The highest BCUT2D eigenvalue weighted by molar-refractivity contribution is 5.82. The second kappa shape index (κ2) is 8.76. The van der Waals surface area contributed by atoms with E-state index in [1.807, 2.05) is 24.3 Å². The van der Waals surface area contributed by atoms with Crippen LogP contribution in [0.5, 0.6) is 5.75 Å². The second-order valence-electron chi connectivity index (χ2n) is 8.09. The first-order chi connectivity index (χ1) is 15.3. The van der Waals surface area contributed by atoms with Crippen molar-refractivity contribution >= 4 is 17.3 Å². The van der Waals surface area contributed by atoms with E-state index < -0.39 is 17.7 Å². The summed E-state index contributed by atoms with van der Waals surface area (Å²) in [5.41, 5.74) is 1.68. The minimum Gasteiger partial charge on any atom is -0.497 e. The number of rotatable bonds is 5. The van der Waals surface area contributed by atoms with Crippen LogP contribution in [-0.2, 0) is 17.4 Å². The molecule has 1 amide bonds. The van der Waals surface area contributed by atoms with Crippen molar-refractivity contribution in [2.24, 2.45) is 5.92 Å². The fourth-order valence-electron chi connectivity index (χ4n) is 4.63. The molecule has 2 aromatic carbocycles. The topological polar surface area (TPSA) is 44.8 Å². The van der Waals surface area contributed by atoms with Gasteiger partial charge in [0.15, 0.2) is 0 Å². The number of anilines is 2. The Morgan fingerprint density at radius 3 is 2.62 bits per heavy atom. The number of carbonyl (C=O) groups excluding carboxylic acids is 1. The number of fused-ring (bicyclic) bond motifs is 3. The minimum atomic E-state index is -4.42. The van der Waals surface area contributed by atoms with Gasteiger partial charge in [-0.15, -0.1) is 6.58 Å². The quantitative estimate of drug-likeness (QED) is 0.710. The summed E-state index contributed by atoms with van der Waals surface area (Å²) < 4.78 is 45.1. The fourth-order valence-corrected chi connectivity index (χ4v) is 4.63. The average molecular weight is 445 g/mol. The molecule has 1 saturated heterocycles. The van der Waals surface area contributed by atoms with Crippen LogP contribution in [0.3, 0.4) is 0 Å². The highest BCUT2D eigenvalue weighted by Gasteiger charge is 2.42. The summed E-state index contributed by atoms with van der Waals surface area (Å²) in [5, 5.41) is 2.84. The molecular formula is C24H26F3N3O2. The number of piperazine rings is 1. The number of ether oxygens (including phenoxy) is 1. The van der Waals surface area contributed by atoms with Crippen LogP contribution < -0.4 is 19.9 Å². The van der Waals surface area contributed by atoms with Crippen molar-refractivity contribution in [2.45, 2.75) is 18.6 Å². The first-order valence-electron chi connectivity index (χ1n) is 10.6. The van der Waals surface area contributed by atoms with Crippen molar-refractivity contribution in [3.63, 3.8) is 0 Å². The zero-order valence-corrected chi connectivity index (χ0v) is 17.9. The van der Waals surface area contributed by atoms with Gasteiger partial charge >= 0.3 is 6.18 Å². The van der Waals surface area contributed by atoms with Gasteiger partial charge < -0.3 is 19.9 Å². The number of methoxy groups -OCH3 is 1. The van der Waals surface area contributed by atoms with Gasteiger partial charge in [0.05, 0.1) is 24.6 Å². The lowest BCUT2D eigenvalue weighted by molar-refractivity contribution is -0.137. The monoisotopic (exact) mass is 445 g/mol. The van der Waals surface area contributed by atoms with E-state index in [1.165, 1.54) is 6.07 Å². The third-order valence-electron chi connectivity index (χ3n) is 6.23. The molecule has 2 aliphatic heterocycles. The van der Waals surface area contributed by atoms with E-state index in [9.17, 15) is 18.0 Å². The van der Waals surface area contributed by atoms with Crippen LogP contribution in [0.1, 0.15) is 11.1 Å². The first-order valence-corrected chi connectivity index (χ1v) is 10.6. The second-order valence-corrected chi connectivity index (χ2v) is 8.09. The van der Waals surface area contributed by atoms with Crippen LogP contribution in [0, 0.1) is 5.92 Å². The molecule has 2 unspecified atom stereocenters. The molecule has 2 aromatic rings. The van der Waals surface area contributed by atoms with Crippen LogP contribution in [-0.4, -0.2) is 45.2 Å². The predicted molar refractivity (Wildman–Crippen MR) is 118 cm³/mol. The number of amides is 1. The summed E-state index contributed by atoms with van der Waals surface area (Å²) in [6.45, 7) is 5.86. The summed E-state index contributed by atoms with van der Waals surface area (Å²) in [5.74, 6) is 0.132. The number of halogens is 3. The Morgan fingerprint density at radius 2 is 1.97 bits per heavy atom. The van der Waals surface area contributed by atoms with Crippen LogP contribution in [0.4, 0.5) is 24.5 Å². The van der Waals surface area contributed by atoms with E-state index in [0.29, 0.717) is 31.7 Å². The summed E-state index contributed by atoms with van der Waals surface area (Å²) in [4.78, 5) is 17.3. The predicted octanol–water partition coefficient (Wildman–Crippen LogP) is 3.88. The molecule has 2 aliphatic rings. The summed E-state index contributed by atoms with van der Waals surface area (Å²) >= 11 is 0. The number of benzene rings is 2. The zero-order chi connectivity index (χ0) is 22.9. The van der Waals surface area contributed by atoms with E-state index in [-0.39, 0.29) is 18.4 Å². The highest BCUT2D eigenvalue weighted by Crippen LogP contribution is 2.40. The van der Waals surface area contributed by atoms with E-state index in [1.54, 1.807) is 19.3 Å². The van der Waals surface area contributed by atoms with E-state index >= 15 is 0 Å². The van der Waals surface area contributed by atoms with Crippen molar-refractivity contribution in [2.75, 3.05) is 43.1 Å². The van der Waals surface area contributed by atoms with E-state index in [2.05, 4.69) is 21.7 Å². The van der Waals surface area contributed by atoms with E-state index in [0.717, 1.165) is 23.2 Å². The SMILES string of the molecule is C=CCNC(=O)C1Cc2cc(C(F)(F)F)ccc2N2CCN(c3ccc(OC)cc3)CC12. The molecular weight excluding hydrogens is 419 g/mol. The largest absolute Gasteiger partial charge is 0.497 e. The maximum atomic E-state index is 13.3. The molecule has 0 spiro atoms. The fraction of sp³-hybridized carbons (Fsp3) is 0.375. The number of alkyl halides is 3. The third kappa shape index (κ3) is 4.26. The van der Waals surface area contributed by atoms with Crippen LogP contribution in [0.15, 0.2) is 55.1 Å². The van der Waals surface area contributed by atoms with Gasteiger partial charge in [0, 0.05) is 37.6 Å². The lowest BCUT2D eigenvalue weighted by Gasteiger charge is -2.49. The maximum Gasteiger partial charge on any atom is 0.416 e. The van der Waals surface area contributed by atoms with Crippen molar-refractivity contribution in [3.8, 4) is 5.75 Å². The normalized spacial score (nSPS) is 20.2. The molecule has 0 saturated carbocycles. The van der Waals surface area contributed by atoms with Gasteiger partial charge in [-0.1, -0.05) is 6.08 Å². The van der Waals surface area contributed by atoms with Crippen molar-refractivity contribution < 1.29 is 22.7 Å². The molecule has 2 atom stereocenters. The number of nitrogens with zero attached hydrogens (tertiary/aromatic N) is 2. The van der Waals surface area contributed by atoms with Crippen LogP contribution >= 0.6 is 0 Å². The molecule has 5 nitrogen and oxygen atoms in total. The highest BCUT2D eigenvalue weighted by atomic mass is 19.4. The van der Waals surface area contributed by atoms with Gasteiger partial charge in [-0.05, 0) is 54.4 Å². The molecule has 170 valence electrons. The van der Waals surface area contributed by atoms with Gasteiger partial charge in [-0.2, -0.15) is 13.2 Å². The molecule has 4 rings (SSSR count). The first kappa shape index (κ1) is 22.0. The van der Waals surface area contributed by atoms with E-state index in [4.69, 9.17) is 4.74 Å². The minimum absolute atomic E-state index is 0.153. The summed E-state index contributed by atoms with van der Waals surface area (Å²) in [7, 11) is 1.61. The molecule has 0 aromatic heterocycles. The van der Waals surface area contributed by atoms with Crippen LogP contribution in [0.2, 0.25) is 0 Å². The number of hydrogen-bond acceptors (Lipinski definition) is 4. The molecule has 0 bridgehead atoms. The molecule has 1 fully saturated rings. The van der Waals surface area contributed by atoms with Gasteiger partial charge in [-0.25, -0.2) is 0 Å². The smallest absolute Gasteiger partial charge is 0.416 e. The Balaban J connectivity index is 1.65. The number of hydrogen-bond donors (Lipinski definition) is 1. The van der Waals surface area contributed by atoms with Crippen LogP contribution in [0.25, 0.3) is 0 Å². The van der Waals surface area contributed by atoms with Gasteiger partial charge in [0.2, 0.25) is 5.91 Å². The number of nitrogens with one attached hydrogen (secondary N) is 1. The Bertz CT molecular complexity index is 991. The molecule has 1 N–H and O–H groups in total. The Morgan fingerprint density at radius 1 is 1.22 bits per heavy atom. The van der Waals surface area contributed by atoms with Crippen molar-refractivity contribution in [1.82, 2.24) is 5.32 Å². The van der Waals surface area contributed by atoms with Gasteiger partial charge in [0.25, 0.3) is 0 Å². The van der Waals surface area contributed by atoms with Gasteiger partial charge in [0.1, 0.15) is 5.75 Å². The maximum absolute atomic E-state index is 13.3. The average Bonchev–Trinajstić information content (AvgIpc) is 2.80. The molecule has 0 aliphatic carbocycles. The molecule has 0 radical (unpaired) electrons. The molecule has 2 heterocycles. The molecule has 32 heavy (non-hydrogen) atoms. The number of carbonyl (C=O) groups is 1. The summed E-state index contributed by atoms with van der Waals surface area (Å²) in [6, 6.07) is 11.5. The zero-order valence-electron chi connectivity index (χ0n) is 17.9. The Hall–Kier alpha value is -3.16. The summed E-state index contributed by atoms with van der Waals surface area (Å²) in [6.07, 6.45) is -2.56. The lowest BCUT2D eigenvalue weighted by atomic mass is 9.82. The standard InChI is InChI=1S/C24H26F3N3O2/c1-3-10-28-23(31)20-14-16-13-17(24(25,26)27)4-9-21(16)30-12-11-29(15-22(20)30)18-5-7-19(32-2)8-6-18/h3-9,13,20,22H,1,10-12,14-15H2,2H3,(H,28,31).